The number of hydrogen-bond donors (Lipinski definition) is 2. The van der Waals surface area contributed by atoms with E-state index in [1.165, 1.54) is 0 Å². The minimum Gasteiger partial charge on any atom is -0.374 e. The molecule has 1 atom stereocenters. The molecule has 0 saturated carbocycles. The Kier molecular flexibility index (Phi) is 2.94. The second-order valence-electron chi connectivity index (χ2n) is 2.73. The van der Waals surface area contributed by atoms with E-state index in [0.717, 1.165) is 0 Å². The lowest BCUT2D eigenvalue weighted by atomic mass is 10.2. The van der Waals surface area contributed by atoms with Gasteiger partial charge in [-0.3, -0.25) is 5.41 Å². The molecule has 0 radical (unpaired) electrons. The molecule has 0 aromatic rings. The van der Waals surface area contributed by atoms with Crippen LogP contribution >= 0.6 is 0 Å². The molecule has 3 N–H and O–H groups in total. The highest BCUT2D eigenvalue weighted by Crippen LogP contribution is 2.06. The van der Waals surface area contributed by atoms with E-state index < -0.39 is 0 Å². The van der Waals surface area contributed by atoms with Gasteiger partial charge in [0.15, 0.2) is 5.96 Å². The second kappa shape index (κ2) is 3.98. The van der Waals surface area contributed by atoms with Gasteiger partial charge in [-0.05, 0) is 0 Å². The number of hydrogen-bond acceptors (Lipinski definition) is 2. The van der Waals surface area contributed by atoms with Gasteiger partial charge in [0.1, 0.15) is 0 Å². The third-order valence-electron chi connectivity index (χ3n) is 1.82. The van der Waals surface area contributed by atoms with Gasteiger partial charge < -0.3 is 15.4 Å². The van der Waals surface area contributed by atoms with Crippen LogP contribution in [0.3, 0.4) is 0 Å². The Bertz CT molecular complexity index is 209. The predicted molar refractivity (Wildman–Crippen MR) is 46.7 cm³/mol. The number of nitrogens with zero attached hydrogens (tertiary/aromatic N) is 1. The Morgan fingerprint density at radius 1 is 1.83 bits per heavy atom. The van der Waals surface area contributed by atoms with E-state index in [9.17, 15) is 0 Å². The van der Waals surface area contributed by atoms with Gasteiger partial charge in [0.25, 0.3) is 0 Å². The minimum atomic E-state index is 0.0349. The molecule has 0 spiro atoms. The van der Waals surface area contributed by atoms with Crippen molar-refractivity contribution in [3.63, 3.8) is 0 Å². The monoisotopic (exact) mass is 167 g/mol. The Balaban J connectivity index is 2.41. The Labute approximate surface area is 72.2 Å². The maximum Gasteiger partial charge on any atom is 0.188 e. The number of guanidine groups is 1. The number of rotatable bonds is 1. The first kappa shape index (κ1) is 8.88. The van der Waals surface area contributed by atoms with Gasteiger partial charge in [-0.1, -0.05) is 0 Å². The van der Waals surface area contributed by atoms with Gasteiger partial charge in [-0.15, -0.1) is 12.3 Å². The molecule has 12 heavy (non-hydrogen) atoms. The summed E-state index contributed by atoms with van der Waals surface area (Å²) in [6.07, 6.45) is 5.77. The van der Waals surface area contributed by atoms with Crippen LogP contribution < -0.4 is 5.73 Å². The Hall–Kier alpha value is -1.21. The smallest absolute Gasteiger partial charge is 0.188 e. The summed E-state index contributed by atoms with van der Waals surface area (Å²) in [5.74, 6) is 2.63. The van der Waals surface area contributed by atoms with E-state index in [1.807, 2.05) is 0 Å². The van der Waals surface area contributed by atoms with Gasteiger partial charge in [-0.25, -0.2) is 0 Å². The normalized spacial score (nSPS) is 23.2. The zero-order chi connectivity index (χ0) is 8.97. The highest BCUT2D eigenvalue weighted by Gasteiger charge is 2.19. The lowest BCUT2D eigenvalue weighted by Crippen LogP contribution is -2.48. The SMILES string of the molecule is C#CCC1CN(C(=N)N)CCO1. The number of terminal acetylenes is 1. The lowest BCUT2D eigenvalue weighted by molar-refractivity contribution is -0.00273. The average Bonchev–Trinajstić information content (AvgIpc) is 2.05. The highest BCUT2D eigenvalue weighted by atomic mass is 16.5. The zero-order valence-electron chi connectivity index (χ0n) is 6.92. The van der Waals surface area contributed by atoms with Gasteiger partial charge in [-0.2, -0.15) is 0 Å². The summed E-state index contributed by atoms with van der Waals surface area (Å²) >= 11 is 0. The average molecular weight is 167 g/mol. The van der Waals surface area contributed by atoms with Crippen LogP contribution in [0.5, 0.6) is 0 Å². The fraction of sp³-hybridized carbons (Fsp3) is 0.625. The van der Waals surface area contributed by atoms with Crippen molar-refractivity contribution >= 4 is 5.96 Å². The largest absolute Gasteiger partial charge is 0.374 e. The fourth-order valence-electron chi connectivity index (χ4n) is 1.19. The summed E-state index contributed by atoms with van der Waals surface area (Å²) in [7, 11) is 0. The van der Waals surface area contributed by atoms with Crippen molar-refractivity contribution in [2.75, 3.05) is 19.7 Å². The third-order valence-corrected chi connectivity index (χ3v) is 1.82. The first-order valence-electron chi connectivity index (χ1n) is 3.88. The van der Waals surface area contributed by atoms with Crippen LogP contribution in [0.25, 0.3) is 0 Å². The second-order valence-corrected chi connectivity index (χ2v) is 2.73. The molecule has 1 rings (SSSR count). The topological polar surface area (TPSA) is 62.3 Å². The molecule has 4 nitrogen and oxygen atoms in total. The first-order valence-corrected chi connectivity index (χ1v) is 3.88. The van der Waals surface area contributed by atoms with E-state index in [-0.39, 0.29) is 12.1 Å². The highest BCUT2D eigenvalue weighted by molar-refractivity contribution is 5.74. The summed E-state index contributed by atoms with van der Waals surface area (Å²) < 4.78 is 5.36. The molecule has 0 aromatic heterocycles. The predicted octanol–water partition coefficient (Wildman–Crippen LogP) is -0.396. The van der Waals surface area contributed by atoms with Crippen LogP contribution in [0.15, 0.2) is 0 Å². The summed E-state index contributed by atoms with van der Waals surface area (Å²) in [4.78, 5) is 1.77. The summed E-state index contributed by atoms with van der Waals surface area (Å²) in [5.41, 5.74) is 5.33. The molecule has 1 unspecified atom stereocenters. The van der Waals surface area contributed by atoms with Crippen molar-refractivity contribution in [1.82, 2.24) is 4.90 Å². The van der Waals surface area contributed by atoms with Crippen LogP contribution in [-0.4, -0.2) is 36.7 Å². The Morgan fingerprint density at radius 2 is 2.58 bits per heavy atom. The van der Waals surface area contributed by atoms with Crippen LogP contribution in [0.4, 0.5) is 0 Å². The quantitative estimate of drug-likeness (QED) is 0.317. The molecule has 0 aromatic carbocycles. The Morgan fingerprint density at radius 3 is 3.17 bits per heavy atom. The molecule has 1 aliphatic heterocycles. The lowest BCUT2D eigenvalue weighted by Gasteiger charge is -2.32. The molecule has 1 fully saturated rings. The summed E-state index contributed by atoms with van der Waals surface area (Å²) in [6, 6.07) is 0. The number of morpholine rings is 1. The molecule has 1 aliphatic rings. The van der Waals surface area contributed by atoms with Crippen LogP contribution in [-0.2, 0) is 4.74 Å². The van der Waals surface area contributed by atoms with E-state index >= 15 is 0 Å². The minimum absolute atomic E-state index is 0.0349. The van der Waals surface area contributed by atoms with Crippen LogP contribution in [0.2, 0.25) is 0 Å². The molecule has 1 heterocycles. The standard InChI is InChI=1S/C8H13N3O/c1-2-3-7-6-11(8(9)10)4-5-12-7/h1,7H,3-6H2,(H3,9,10). The molecule has 4 heteroatoms. The van der Waals surface area contributed by atoms with E-state index in [1.54, 1.807) is 4.90 Å². The van der Waals surface area contributed by atoms with Gasteiger partial charge in [0, 0.05) is 19.5 Å². The maximum absolute atomic E-state index is 7.21. The van der Waals surface area contributed by atoms with Crippen LogP contribution in [0.1, 0.15) is 6.42 Å². The maximum atomic E-state index is 7.21. The molecule has 1 saturated heterocycles. The van der Waals surface area contributed by atoms with Gasteiger partial charge in [0.2, 0.25) is 0 Å². The van der Waals surface area contributed by atoms with E-state index in [0.29, 0.717) is 26.1 Å². The van der Waals surface area contributed by atoms with Crippen molar-refractivity contribution in [2.24, 2.45) is 5.73 Å². The summed E-state index contributed by atoms with van der Waals surface area (Å²) in [5, 5.41) is 7.21. The molecule has 0 bridgehead atoms. The summed E-state index contributed by atoms with van der Waals surface area (Å²) in [6.45, 7) is 1.93. The van der Waals surface area contributed by atoms with E-state index in [2.05, 4.69) is 5.92 Å². The van der Waals surface area contributed by atoms with Crippen molar-refractivity contribution in [2.45, 2.75) is 12.5 Å². The van der Waals surface area contributed by atoms with Gasteiger partial charge in [0.05, 0.1) is 12.7 Å². The molecule has 0 aliphatic carbocycles. The fourth-order valence-corrected chi connectivity index (χ4v) is 1.19. The van der Waals surface area contributed by atoms with Gasteiger partial charge >= 0.3 is 0 Å². The molecular formula is C8H13N3O. The van der Waals surface area contributed by atoms with Crippen molar-refractivity contribution < 1.29 is 4.74 Å². The first-order chi connectivity index (χ1) is 5.74. The number of ether oxygens (including phenoxy) is 1. The molecule has 66 valence electrons. The third kappa shape index (κ3) is 2.14. The van der Waals surface area contributed by atoms with Crippen LogP contribution in [0, 0.1) is 17.8 Å². The number of nitrogens with two attached hydrogens (primary N) is 1. The molecule has 0 amide bonds. The van der Waals surface area contributed by atoms with Crippen molar-refractivity contribution in [3.05, 3.63) is 0 Å². The number of nitrogens with one attached hydrogen (secondary N) is 1. The van der Waals surface area contributed by atoms with Crippen molar-refractivity contribution in [3.8, 4) is 12.3 Å². The van der Waals surface area contributed by atoms with Crippen molar-refractivity contribution in [1.29, 1.82) is 5.41 Å². The zero-order valence-corrected chi connectivity index (χ0v) is 6.92. The van der Waals surface area contributed by atoms with E-state index in [4.69, 9.17) is 22.3 Å². The molecular weight excluding hydrogens is 154 g/mol.